The summed E-state index contributed by atoms with van der Waals surface area (Å²) in [5.74, 6) is -0.254. The lowest BCUT2D eigenvalue weighted by molar-refractivity contribution is -0.0160. The van der Waals surface area contributed by atoms with Gasteiger partial charge in [-0.1, -0.05) is 139 Å². The smallest absolute Gasteiger partial charge is 0.124 e. The highest BCUT2D eigenvalue weighted by Crippen LogP contribution is 2.20. The number of halogens is 2. The second kappa shape index (κ2) is 25.2. The normalized spacial score (nSPS) is 12.8. The number of ether oxygens (including phenoxy) is 2. The van der Waals surface area contributed by atoms with Crippen LogP contribution < -0.4 is 0 Å². The van der Waals surface area contributed by atoms with Gasteiger partial charge in [-0.05, 0) is 38.5 Å². The van der Waals surface area contributed by atoms with E-state index in [2.05, 4.69) is 42.9 Å². The van der Waals surface area contributed by atoms with Crippen molar-refractivity contribution in [2.24, 2.45) is 0 Å². The van der Waals surface area contributed by atoms with E-state index in [1.165, 1.54) is 121 Å². The van der Waals surface area contributed by atoms with Crippen LogP contribution >= 0.6 is 15.9 Å². The van der Waals surface area contributed by atoms with E-state index in [0.717, 1.165) is 29.1 Å². The highest BCUT2D eigenvalue weighted by Gasteiger charge is 2.16. The van der Waals surface area contributed by atoms with Crippen molar-refractivity contribution in [3.8, 4) is 0 Å². The second-order valence-corrected chi connectivity index (χ2v) is 17.4. The fraction of sp³-hybridized carbons (Fsp3) is 0.824. The molecule has 235 valence electrons. The summed E-state index contributed by atoms with van der Waals surface area (Å²) >= 11 is 3.36. The van der Waals surface area contributed by atoms with Crippen LogP contribution in [0.15, 0.2) is 22.7 Å². The van der Waals surface area contributed by atoms with E-state index in [-0.39, 0.29) is 11.9 Å². The van der Waals surface area contributed by atoms with Crippen LogP contribution in [0.4, 0.5) is 4.39 Å². The molecule has 0 aliphatic carbocycles. The van der Waals surface area contributed by atoms with Crippen molar-refractivity contribution in [2.75, 3.05) is 19.8 Å². The predicted octanol–water partition coefficient (Wildman–Crippen LogP) is 11.8. The summed E-state index contributed by atoms with van der Waals surface area (Å²) in [6.07, 6.45) is 24.3. The second-order valence-electron chi connectivity index (χ2n) is 12.3. The Kier molecular flexibility index (Phi) is 23.8. The lowest BCUT2D eigenvalue weighted by Gasteiger charge is -2.40. The van der Waals surface area contributed by atoms with Crippen LogP contribution in [0.3, 0.4) is 0 Å². The van der Waals surface area contributed by atoms with Crippen LogP contribution in [0.5, 0.6) is 0 Å². The monoisotopic (exact) mass is 644 g/mol. The molecule has 0 N–H and O–H groups in total. The summed E-state index contributed by atoms with van der Waals surface area (Å²) in [7, 11) is -1.78. The van der Waals surface area contributed by atoms with Crippen LogP contribution in [-0.2, 0) is 20.5 Å². The third-order valence-electron chi connectivity index (χ3n) is 7.56. The van der Waals surface area contributed by atoms with Gasteiger partial charge < -0.3 is 13.9 Å². The predicted molar refractivity (Wildman–Crippen MR) is 176 cm³/mol. The third-order valence-corrected chi connectivity index (χ3v) is 10.5. The molecule has 0 bridgehead atoms. The molecule has 0 heterocycles. The standard InChI is InChI=1S/C34H62BrFO3Si/c1-5-7-9-10-11-12-13-14-15-16-17-18-19-20-21-22-23-37-29-34(39-40(3,4)24-8-6-2)30-38-28-31-25-32(35)27-33(36)26-31/h25-27,34H,5-24,28-30H2,1-4H3/q-1/t34-/m1/s1. The lowest BCUT2D eigenvalue weighted by atomic mass is 10.0. The van der Waals surface area contributed by atoms with E-state index in [1.807, 2.05) is 6.07 Å². The molecule has 0 spiro atoms. The molecule has 0 radical (unpaired) electrons. The van der Waals surface area contributed by atoms with Gasteiger partial charge in [0.15, 0.2) is 0 Å². The molecule has 6 heteroatoms. The van der Waals surface area contributed by atoms with E-state index >= 15 is 0 Å². The van der Waals surface area contributed by atoms with Crippen molar-refractivity contribution >= 4 is 24.2 Å². The van der Waals surface area contributed by atoms with Crippen LogP contribution in [0, 0.1) is 5.82 Å². The summed E-state index contributed by atoms with van der Waals surface area (Å²) in [5.41, 5.74) is 0.821. The molecule has 0 fully saturated rings. The molecule has 0 unspecified atom stereocenters. The summed E-state index contributed by atoms with van der Waals surface area (Å²) in [5, 5.41) is 0. The Morgan fingerprint density at radius 2 is 1.18 bits per heavy atom. The summed E-state index contributed by atoms with van der Waals surface area (Å²) in [6, 6.07) is 6.03. The fourth-order valence-corrected chi connectivity index (χ4v) is 8.07. The third kappa shape index (κ3) is 22.3. The molecule has 40 heavy (non-hydrogen) atoms. The minimum absolute atomic E-state index is 0.0726. The minimum Gasteiger partial charge on any atom is -0.559 e. The molecule has 0 saturated heterocycles. The van der Waals surface area contributed by atoms with Crippen LogP contribution in [-0.4, -0.2) is 34.2 Å². The summed E-state index contributed by atoms with van der Waals surface area (Å²) < 4.78 is 33.0. The first-order chi connectivity index (χ1) is 19.4. The number of hydrogen-bond acceptors (Lipinski definition) is 3. The van der Waals surface area contributed by atoms with Gasteiger partial charge in [-0.25, -0.2) is 4.39 Å². The van der Waals surface area contributed by atoms with Gasteiger partial charge in [0.05, 0.1) is 25.9 Å². The highest BCUT2D eigenvalue weighted by molar-refractivity contribution is 9.10. The summed E-state index contributed by atoms with van der Waals surface area (Å²) in [6.45, 7) is 11.3. The van der Waals surface area contributed by atoms with E-state index in [0.29, 0.717) is 19.8 Å². The Bertz CT molecular complexity index is 698. The maximum absolute atomic E-state index is 13.7. The minimum atomic E-state index is -1.78. The average Bonchev–Trinajstić information content (AvgIpc) is 2.90. The Hall–Kier alpha value is -0.273. The first kappa shape index (κ1) is 37.8. The van der Waals surface area contributed by atoms with Crippen molar-refractivity contribution < 1.29 is 18.3 Å². The molecule has 0 aliphatic heterocycles. The van der Waals surface area contributed by atoms with E-state index in [1.54, 1.807) is 0 Å². The molecule has 3 nitrogen and oxygen atoms in total. The van der Waals surface area contributed by atoms with Crippen molar-refractivity contribution in [3.63, 3.8) is 0 Å². The molecular formula is C34H62BrFO3Si-. The van der Waals surface area contributed by atoms with Gasteiger partial charge in [0.1, 0.15) is 5.82 Å². The maximum atomic E-state index is 13.7. The molecule has 1 atom stereocenters. The molecule has 0 amide bonds. The maximum Gasteiger partial charge on any atom is 0.124 e. The SMILES string of the molecule is CCCCCCCCCCCCCCCCCCOC[C@H](COCc1cc(F)cc(Br)c1)O[Si-](C)(C)CCCC. The zero-order chi connectivity index (χ0) is 29.3. The van der Waals surface area contributed by atoms with Gasteiger partial charge in [-0.2, -0.15) is 0 Å². The molecule has 1 aromatic carbocycles. The zero-order valence-corrected chi connectivity index (χ0v) is 29.1. The molecule has 1 aromatic rings. The van der Waals surface area contributed by atoms with Gasteiger partial charge in [-0.15, -0.1) is 19.1 Å². The zero-order valence-electron chi connectivity index (χ0n) is 26.6. The largest absolute Gasteiger partial charge is 0.559 e. The van der Waals surface area contributed by atoms with Crippen molar-refractivity contribution in [3.05, 3.63) is 34.1 Å². The Morgan fingerprint density at radius 3 is 1.70 bits per heavy atom. The summed E-state index contributed by atoms with van der Waals surface area (Å²) in [4.78, 5) is 0. The Balaban J connectivity index is 2.13. The quantitative estimate of drug-likeness (QED) is 0.0670. The average molecular weight is 646 g/mol. The number of unbranched alkanes of at least 4 members (excludes halogenated alkanes) is 16. The van der Waals surface area contributed by atoms with Gasteiger partial charge >= 0.3 is 0 Å². The lowest BCUT2D eigenvalue weighted by Crippen LogP contribution is -2.39. The van der Waals surface area contributed by atoms with E-state index in [4.69, 9.17) is 13.9 Å². The Morgan fingerprint density at radius 1 is 0.675 bits per heavy atom. The molecule has 0 aromatic heterocycles. The van der Waals surface area contributed by atoms with Crippen LogP contribution in [0.1, 0.15) is 135 Å². The van der Waals surface area contributed by atoms with Crippen LogP contribution in [0.25, 0.3) is 0 Å². The van der Waals surface area contributed by atoms with Gasteiger partial charge in [0.2, 0.25) is 0 Å². The van der Waals surface area contributed by atoms with Crippen LogP contribution in [0.2, 0.25) is 19.1 Å². The van der Waals surface area contributed by atoms with E-state index < -0.39 is 8.32 Å². The highest BCUT2D eigenvalue weighted by atomic mass is 79.9. The van der Waals surface area contributed by atoms with Gasteiger partial charge in [-0.3, -0.25) is 0 Å². The first-order valence-electron chi connectivity index (χ1n) is 16.6. The number of hydrogen-bond donors (Lipinski definition) is 0. The topological polar surface area (TPSA) is 27.7 Å². The van der Waals surface area contributed by atoms with Gasteiger partial charge in [0.25, 0.3) is 0 Å². The molecule has 1 rings (SSSR count). The van der Waals surface area contributed by atoms with E-state index in [9.17, 15) is 4.39 Å². The molecule has 0 saturated carbocycles. The fourth-order valence-electron chi connectivity index (χ4n) is 5.20. The molecular weight excluding hydrogens is 583 g/mol. The van der Waals surface area contributed by atoms with Crippen molar-refractivity contribution in [1.82, 2.24) is 0 Å². The molecule has 0 aliphatic rings. The van der Waals surface area contributed by atoms with Crippen molar-refractivity contribution in [2.45, 2.75) is 161 Å². The Labute approximate surface area is 257 Å². The van der Waals surface area contributed by atoms with Crippen molar-refractivity contribution in [1.29, 1.82) is 0 Å². The van der Waals surface area contributed by atoms with Gasteiger partial charge in [0, 0.05) is 11.1 Å². The first-order valence-corrected chi connectivity index (χ1v) is 20.6. The number of rotatable bonds is 28. The number of benzene rings is 1.